The molecule has 1 amide bonds. The molecule has 2 rings (SSSR count). The predicted molar refractivity (Wildman–Crippen MR) is 78.3 cm³/mol. The SMILES string of the molecule is NCCCc1nc(CC(=O)Nc2ccccc2)cs1. The number of hydrogen-bond donors (Lipinski definition) is 2. The first kappa shape index (κ1) is 13.7. The zero-order chi connectivity index (χ0) is 13.5. The van der Waals surface area contributed by atoms with Crippen LogP contribution < -0.4 is 11.1 Å². The minimum atomic E-state index is -0.0399. The first-order valence-electron chi connectivity index (χ1n) is 6.26. The third-order valence-electron chi connectivity index (χ3n) is 2.59. The van der Waals surface area contributed by atoms with Crippen molar-refractivity contribution < 1.29 is 4.79 Å². The van der Waals surface area contributed by atoms with E-state index in [0.717, 1.165) is 29.2 Å². The van der Waals surface area contributed by atoms with Crippen LogP contribution in [0, 0.1) is 0 Å². The van der Waals surface area contributed by atoms with Crippen molar-refractivity contribution in [2.75, 3.05) is 11.9 Å². The highest BCUT2D eigenvalue weighted by atomic mass is 32.1. The number of benzene rings is 1. The maximum atomic E-state index is 11.8. The fraction of sp³-hybridized carbons (Fsp3) is 0.286. The van der Waals surface area contributed by atoms with Gasteiger partial charge in [-0.2, -0.15) is 0 Å². The van der Waals surface area contributed by atoms with E-state index < -0.39 is 0 Å². The fourth-order valence-electron chi connectivity index (χ4n) is 1.69. The van der Waals surface area contributed by atoms with Crippen LogP contribution in [0.25, 0.3) is 0 Å². The van der Waals surface area contributed by atoms with Crippen LogP contribution in [0.4, 0.5) is 5.69 Å². The van der Waals surface area contributed by atoms with Gasteiger partial charge in [-0.3, -0.25) is 4.79 Å². The van der Waals surface area contributed by atoms with Crippen LogP contribution in [0.1, 0.15) is 17.1 Å². The summed E-state index contributed by atoms with van der Waals surface area (Å²) in [5.41, 5.74) is 7.10. The summed E-state index contributed by atoms with van der Waals surface area (Å²) in [5, 5.41) is 5.84. The van der Waals surface area contributed by atoms with E-state index in [0.29, 0.717) is 13.0 Å². The molecular formula is C14H17N3OS. The number of nitrogens with zero attached hydrogens (tertiary/aromatic N) is 1. The van der Waals surface area contributed by atoms with Crippen LogP contribution in [-0.2, 0) is 17.6 Å². The lowest BCUT2D eigenvalue weighted by molar-refractivity contribution is -0.115. The molecule has 4 nitrogen and oxygen atoms in total. The number of amides is 1. The molecule has 2 aromatic rings. The van der Waals surface area contributed by atoms with Crippen molar-refractivity contribution in [2.24, 2.45) is 5.73 Å². The monoisotopic (exact) mass is 275 g/mol. The number of rotatable bonds is 6. The van der Waals surface area contributed by atoms with Crippen LogP contribution in [0.2, 0.25) is 0 Å². The molecular weight excluding hydrogens is 258 g/mol. The lowest BCUT2D eigenvalue weighted by atomic mass is 10.3. The van der Waals surface area contributed by atoms with Crippen molar-refractivity contribution in [2.45, 2.75) is 19.3 Å². The number of anilines is 1. The summed E-state index contributed by atoms with van der Waals surface area (Å²) < 4.78 is 0. The molecule has 0 atom stereocenters. The Labute approximate surface area is 116 Å². The molecule has 0 unspecified atom stereocenters. The topological polar surface area (TPSA) is 68.0 Å². The number of nitrogens with two attached hydrogens (primary N) is 1. The van der Waals surface area contributed by atoms with Gasteiger partial charge in [-0.25, -0.2) is 4.98 Å². The highest BCUT2D eigenvalue weighted by Crippen LogP contribution is 2.13. The smallest absolute Gasteiger partial charge is 0.230 e. The van der Waals surface area contributed by atoms with E-state index in [1.165, 1.54) is 0 Å². The zero-order valence-corrected chi connectivity index (χ0v) is 11.5. The Morgan fingerprint density at radius 3 is 2.84 bits per heavy atom. The highest BCUT2D eigenvalue weighted by molar-refractivity contribution is 7.09. The summed E-state index contributed by atoms with van der Waals surface area (Å²) in [6.07, 6.45) is 2.14. The van der Waals surface area contributed by atoms with Gasteiger partial charge in [0.2, 0.25) is 5.91 Å². The number of carbonyl (C=O) groups excluding carboxylic acids is 1. The first-order valence-corrected chi connectivity index (χ1v) is 7.14. The van der Waals surface area contributed by atoms with Crippen molar-refractivity contribution in [1.29, 1.82) is 0 Å². The molecule has 1 heterocycles. The maximum Gasteiger partial charge on any atom is 0.230 e. The van der Waals surface area contributed by atoms with Crippen molar-refractivity contribution >= 4 is 22.9 Å². The third kappa shape index (κ3) is 4.46. The first-order chi connectivity index (χ1) is 9.28. The maximum absolute atomic E-state index is 11.8. The average molecular weight is 275 g/mol. The molecule has 100 valence electrons. The van der Waals surface area contributed by atoms with Gasteiger partial charge in [-0.1, -0.05) is 18.2 Å². The summed E-state index contributed by atoms with van der Waals surface area (Å²) in [7, 11) is 0. The van der Waals surface area contributed by atoms with Crippen LogP contribution in [0.15, 0.2) is 35.7 Å². The van der Waals surface area contributed by atoms with E-state index in [4.69, 9.17) is 5.73 Å². The minimum absolute atomic E-state index is 0.0399. The Bertz CT molecular complexity index is 524. The summed E-state index contributed by atoms with van der Waals surface area (Å²) in [4.78, 5) is 16.3. The van der Waals surface area contributed by atoms with E-state index in [1.54, 1.807) is 11.3 Å². The Morgan fingerprint density at radius 2 is 2.11 bits per heavy atom. The average Bonchev–Trinajstić information content (AvgIpc) is 2.85. The van der Waals surface area contributed by atoms with Crippen LogP contribution in [0.5, 0.6) is 0 Å². The molecule has 0 aliphatic rings. The van der Waals surface area contributed by atoms with Crippen molar-refractivity contribution in [1.82, 2.24) is 4.98 Å². The molecule has 0 bridgehead atoms. The van der Waals surface area contributed by atoms with Gasteiger partial charge in [0.05, 0.1) is 17.1 Å². The van der Waals surface area contributed by atoms with Crippen LogP contribution in [0.3, 0.4) is 0 Å². The largest absolute Gasteiger partial charge is 0.330 e. The van der Waals surface area contributed by atoms with Gasteiger partial charge in [0.15, 0.2) is 0 Å². The van der Waals surface area contributed by atoms with Gasteiger partial charge < -0.3 is 11.1 Å². The van der Waals surface area contributed by atoms with Gasteiger partial charge in [-0.05, 0) is 25.1 Å². The van der Waals surface area contributed by atoms with Gasteiger partial charge in [0.1, 0.15) is 0 Å². The summed E-state index contributed by atoms with van der Waals surface area (Å²) in [6, 6.07) is 9.43. The number of nitrogens with one attached hydrogen (secondary N) is 1. The Kier molecular flexibility index (Phi) is 5.06. The van der Waals surface area contributed by atoms with Gasteiger partial charge in [0, 0.05) is 17.5 Å². The number of aromatic nitrogens is 1. The second kappa shape index (κ2) is 7.01. The standard InChI is InChI=1S/C14H17N3OS/c15-8-4-7-14-17-12(10-19-14)9-13(18)16-11-5-2-1-3-6-11/h1-3,5-6,10H,4,7-9,15H2,(H,16,18). The normalized spacial score (nSPS) is 10.4. The minimum Gasteiger partial charge on any atom is -0.330 e. The van der Waals surface area contributed by atoms with E-state index in [1.807, 2.05) is 35.7 Å². The molecule has 1 aromatic carbocycles. The molecule has 0 aliphatic carbocycles. The van der Waals surface area contributed by atoms with E-state index in [2.05, 4.69) is 10.3 Å². The summed E-state index contributed by atoms with van der Waals surface area (Å²) in [6.45, 7) is 0.670. The lowest BCUT2D eigenvalue weighted by Gasteiger charge is -2.02. The molecule has 0 saturated carbocycles. The molecule has 0 radical (unpaired) electrons. The molecule has 1 aromatic heterocycles. The molecule has 0 spiro atoms. The van der Waals surface area contributed by atoms with Gasteiger partial charge in [0.25, 0.3) is 0 Å². The summed E-state index contributed by atoms with van der Waals surface area (Å²) >= 11 is 1.59. The van der Waals surface area contributed by atoms with Gasteiger partial charge in [-0.15, -0.1) is 11.3 Å². The van der Waals surface area contributed by atoms with Crippen molar-refractivity contribution in [3.05, 3.63) is 46.4 Å². The molecule has 0 saturated heterocycles. The van der Waals surface area contributed by atoms with Crippen LogP contribution >= 0.6 is 11.3 Å². The summed E-state index contributed by atoms with van der Waals surface area (Å²) in [5.74, 6) is -0.0399. The van der Waals surface area contributed by atoms with Crippen molar-refractivity contribution in [3.8, 4) is 0 Å². The lowest BCUT2D eigenvalue weighted by Crippen LogP contribution is -2.14. The predicted octanol–water partition coefficient (Wildman–Crippen LogP) is 2.22. The fourth-order valence-corrected chi connectivity index (χ4v) is 2.53. The quantitative estimate of drug-likeness (QED) is 0.849. The van der Waals surface area contributed by atoms with E-state index >= 15 is 0 Å². The Balaban J connectivity index is 1.86. The van der Waals surface area contributed by atoms with E-state index in [9.17, 15) is 4.79 Å². The zero-order valence-electron chi connectivity index (χ0n) is 10.6. The molecule has 5 heteroatoms. The number of aryl methyl sites for hydroxylation is 1. The Hall–Kier alpha value is -1.72. The third-order valence-corrected chi connectivity index (χ3v) is 3.55. The van der Waals surface area contributed by atoms with Crippen LogP contribution in [-0.4, -0.2) is 17.4 Å². The number of para-hydroxylation sites is 1. The number of carbonyl (C=O) groups is 1. The molecule has 0 aliphatic heterocycles. The molecule has 0 fully saturated rings. The van der Waals surface area contributed by atoms with Crippen molar-refractivity contribution in [3.63, 3.8) is 0 Å². The second-order valence-electron chi connectivity index (χ2n) is 4.22. The van der Waals surface area contributed by atoms with E-state index in [-0.39, 0.29) is 5.91 Å². The number of thiazole rings is 1. The Morgan fingerprint density at radius 1 is 1.32 bits per heavy atom. The highest BCUT2D eigenvalue weighted by Gasteiger charge is 2.07. The molecule has 3 N–H and O–H groups in total. The number of hydrogen-bond acceptors (Lipinski definition) is 4. The molecule has 19 heavy (non-hydrogen) atoms. The van der Waals surface area contributed by atoms with Gasteiger partial charge >= 0.3 is 0 Å². The second-order valence-corrected chi connectivity index (χ2v) is 5.16.